The van der Waals surface area contributed by atoms with Gasteiger partial charge in [0, 0.05) is 38.4 Å². The van der Waals surface area contributed by atoms with Gasteiger partial charge >= 0.3 is 0 Å². The summed E-state index contributed by atoms with van der Waals surface area (Å²) < 4.78 is 8.17. The Labute approximate surface area is 221 Å². The van der Waals surface area contributed by atoms with Crippen LogP contribution in [0.5, 0.6) is 5.75 Å². The summed E-state index contributed by atoms with van der Waals surface area (Å²) in [5, 5.41) is 0. The van der Waals surface area contributed by atoms with E-state index in [-0.39, 0.29) is 11.7 Å². The molecule has 0 aliphatic carbocycles. The van der Waals surface area contributed by atoms with Gasteiger partial charge in [-0.05, 0) is 63.0 Å². The number of aromatic amines is 1. The SMILES string of the molecule is CCCN(CCC)CCCCC1COc2cc(CN(Cc3ncc[nH]3)Cc3nccn3C)ccc2C1=O. The summed E-state index contributed by atoms with van der Waals surface area (Å²) in [6, 6.07) is 6.04. The Bertz CT molecular complexity index is 1100. The first-order valence-corrected chi connectivity index (χ1v) is 13.8. The zero-order chi connectivity index (χ0) is 26.0. The molecule has 8 nitrogen and oxygen atoms in total. The van der Waals surface area contributed by atoms with E-state index in [0.29, 0.717) is 32.0 Å². The van der Waals surface area contributed by atoms with Gasteiger partial charge in [-0.1, -0.05) is 26.3 Å². The van der Waals surface area contributed by atoms with Crippen molar-refractivity contribution in [2.75, 3.05) is 26.2 Å². The summed E-state index contributed by atoms with van der Waals surface area (Å²) in [7, 11) is 2.01. The van der Waals surface area contributed by atoms with E-state index < -0.39 is 0 Å². The Balaban J connectivity index is 1.35. The van der Waals surface area contributed by atoms with Crippen molar-refractivity contribution in [3.8, 4) is 5.75 Å². The number of aryl methyl sites for hydroxylation is 1. The van der Waals surface area contributed by atoms with E-state index in [4.69, 9.17) is 4.74 Å². The first-order chi connectivity index (χ1) is 18.1. The number of unbranched alkanes of at least 4 members (excludes halogenated alkanes) is 1. The Morgan fingerprint density at radius 3 is 2.57 bits per heavy atom. The van der Waals surface area contributed by atoms with Crippen LogP contribution < -0.4 is 4.74 Å². The fraction of sp³-hybridized carbons (Fsp3) is 0.552. The van der Waals surface area contributed by atoms with Crippen molar-refractivity contribution in [3.63, 3.8) is 0 Å². The molecule has 0 saturated heterocycles. The lowest BCUT2D eigenvalue weighted by atomic mass is 9.90. The van der Waals surface area contributed by atoms with Gasteiger partial charge < -0.3 is 19.2 Å². The number of aromatic nitrogens is 4. The number of fused-ring (bicyclic) bond motifs is 1. The van der Waals surface area contributed by atoms with Crippen LogP contribution in [-0.4, -0.2) is 61.3 Å². The minimum absolute atomic E-state index is 0.0389. The second kappa shape index (κ2) is 13.5. The van der Waals surface area contributed by atoms with Crippen LogP contribution in [0.15, 0.2) is 43.0 Å². The molecule has 1 aliphatic rings. The van der Waals surface area contributed by atoms with E-state index in [2.05, 4.69) is 44.7 Å². The predicted molar refractivity (Wildman–Crippen MR) is 145 cm³/mol. The molecule has 3 heterocycles. The Morgan fingerprint density at radius 2 is 1.86 bits per heavy atom. The third-order valence-corrected chi connectivity index (χ3v) is 7.10. The zero-order valence-electron chi connectivity index (χ0n) is 22.7. The molecule has 1 atom stereocenters. The third-order valence-electron chi connectivity index (χ3n) is 7.10. The minimum atomic E-state index is -0.0389. The van der Waals surface area contributed by atoms with E-state index in [1.165, 1.54) is 12.8 Å². The molecule has 0 saturated carbocycles. The van der Waals surface area contributed by atoms with Crippen LogP contribution in [0, 0.1) is 5.92 Å². The van der Waals surface area contributed by atoms with Gasteiger partial charge in [-0.3, -0.25) is 9.69 Å². The topological polar surface area (TPSA) is 79.3 Å². The van der Waals surface area contributed by atoms with Crippen LogP contribution >= 0.6 is 0 Å². The highest BCUT2D eigenvalue weighted by atomic mass is 16.5. The first kappa shape index (κ1) is 27.1. The van der Waals surface area contributed by atoms with E-state index in [0.717, 1.165) is 61.7 Å². The standard InChI is InChI=1S/C29H42N6O2/c1-4-14-34(15-5-2)16-7-6-8-24-22-37-26-18-23(9-10-25(26)29(24)36)19-35(20-27-30-11-12-31-27)21-28-32-13-17-33(28)3/h9-13,17-18,24H,4-8,14-16,19-22H2,1-3H3,(H,30,31). The molecule has 1 N–H and O–H groups in total. The summed E-state index contributed by atoms with van der Waals surface area (Å²) in [4.78, 5) is 30.1. The number of Topliss-reactive ketones (excluding diaryl/α,β-unsaturated/α-hetero) is 1. The summed E-state index contributed by atoms with van der Waals surface area (Å²) in [6.07, 6.45) is 12.9. The smallest absolute Gasteiger partial charge is 0.173 e. The number of carbonyl (C=O) groups excluding carboxylic acids is 1. The summed E-state index contributed by atoms with van der Waals surface area (Å²) in [6.45, 7) is 10.5. The highest BCUT2D eigenvalue weighted by molar-refractivity contribution is 6.01. The van der Waals surface area contributed by atoms with Gasteiger partial charge in [-0.15, -0.1) is 0 Å². The molecule has 37 heavy (non-hydrogen) atoms. The van der Waals surface area contributed by atoms with Gasteiger partial charge in [0.15, 0.2) is 5.78 Å². The maximum absolute atomic E-state index is 13.2. The number of nitrogens with one attached hydrogen (secondary N) is 1. The largest absolute Gasteiger partial charge is 0.492 e. The van der Waals surface area contributed by atoms with Crippen LogP contribution in [0.25, 0.3) is 0 Å². The summed E-state index contributed by atoms with van der Waals surface area (Å²) in [5.41, 5.74) is 1.83. The van der Waals surface area contributed by atoms with Crippen molar-refractivity contribution in [2.45, 2.75) is 65.6 Å². The number of ketones is 1. The van der Waals surface area contributed by atoms with Gasteiger partial charge in [0.25, 0.3) is 0 Å². The first-order valence-electron chi connectivity index (χ1n) is 13.8. The lowest BCUT2D eigenvalue weighted by molar-refractivity contribution is 0.0816. The molecule has 3 aromatic rings. The van der Waals surface area contributed by atoms with E-state index >= 15 is 0 Å². The van der Waals surface area contributed by atoms with Crippen molar-refractivity contribution in [3.05, 3.63) is 65.8 Å². The zero-order valence-corrected chi connectivity index (χ0v) is 22.7. The van der Waals surface area contributed by atoms with E-state index in [1.54, 1.807) is 6.20 Å². The molecule has 8 heteroatoms. The highest BCUT2D eigenvalue weighted by Gasteiger charge is 2.28. The van der Waals surface area contributed by atoms with Crippen LogP contribution in [0.4, 0.5) is 0 Å². The number of benzene rings is 1. The van der Waals surface area contributed by atoms with Gasteiger partial charge in [0.05, 0.1) is 31.2 Å². The van der Waals surface area contributed by atoms with E-state index in [9.17, 15) is 4.79 Å². The molecule has 0 fully saturated rings. The molecule has 0 bridgehead atoms. The number of hydrogen-bond donors (Lipinski definition) is 1. The van der Waals surface area contributed by atoms with Crippen molar-refractivity contribution in [1.82, 2.24) is 29.3 Å². The quantitative estimate of drug-likeness (QED) is 0.298. The Kier molecular flexibility index (Phi) is 9.91. The molecule has 0 spiro atoms. The maximum atomic E-state index is 13.2. The van der Waals surface area contributed by atoms with Gasteiger partial charge in [-0.2, -0.15) is 0 Å². The number of ether oxygens (including phenoxy) is 1. The lowest BCUT2D eigenvalue weighted by Gasteiger charge is -2.26. The van der Waals surface area contributed by atoms with Crippen molar-refractivity contribution < 1.29 is 9.53 Å². The molecular weight excluding hydrogens is 464 g/mol. The Morgan fingerprint density at radius 1 is 1.03 bits per heavy atom. The van der Waals surface area contributed by atoms with Crippen LogP contribution in [-0.2, 0) is 26.7 Å². The maximum Gasteiger partial charge on any atom is 0.173 e. The predicted octanol–water partition coefficient (Wildman–Crippen LogP) is 4.83. The van der Waals surface area contributed by atoms with Gasteiger partial charge in [0.1, 0.15) is 17.4 Å². The average Bonchev–Trinajstić information content (AvgIpc) is 3.55. The number of rotatable bonds is 15. The lowest BCUT2D eigenvalue weighted by Crippen LogP contribution is -2.29. The Hall–Kier alpha value is -2.97. The molecular formula is C29H42N6O2. The second-order valence-electron chi connectivity index (χ2n) is 10.2. The minimum Gasteiger partial charge on any atom is -0.492 e. The molecule has 1 unspecified atom stereocenters. The normalized spacial score (nSPS) is 15.4. The number of carbonyl (C=O) groups is 1. The third kappa shape index (κ3) is 7.52. The molecule has 0 radical (unpaired) electrons. The number of imidazole rings is 2. The number of H-pyrrole nitrogens is 1. The van der Waals surface area contributed by atoms with Gasteiger partial charge in [-0.25, -0.2) is 9.97 Å². The summed E-state index contributed by atoms with van der Waals surface area (Å²) >= 11 is 0. The van der Waals surface area contributed by atoms with Crippen molar-refractivity contribution >= 4 is 5.78 Å². The number of nitrogens with zero attached hydrogens (tertiary/aromatic N) is 5. The molecule has 1 aliphatic heterocycles. The monoisotopic (exact) mass is 506 g/mol. The van der Waals surface area contributed by atoms with Crippen LogP contribution in [0.3, 0.4) is 0 Å². The summed E-state index contributed by atoms with van der Waals surface area (Å²) in [5.74, 6) is 2.81. The second-order valence-corrected chi connectivity index (χ2v) is 10.2. The fourth-order valence-corrected chi connectivity index (χ4v) is 5.15. The molecule has 4 rings (SSSR count). The molecule has 200 valence electrons. The van der Waals surface area contributed by atoms with Crippen molar-refractivity contribution in [2.24, 2.45) is 13.0 Å². The highest BCUT2D eigenvalue weighted by Crippen LogP contribution is 2.31. The molecule has 1 aromatic carbocycles. The number of hydrogen-bond acceptors (Lipinski definition) is 6. The molecule has 2 aromatic heterocycles. The average molecular weight is 507 g/mol. The van der Waals surface area contributed by atoms with Crippen molar-refractivity contribution in [1.29, 1.82) is 0 Å². The van der Waals surface area contributed by atoms with E-state index in [1.807, 2.05) is 42.3 Å². The van der Waals surface area contributed by atoms with Crippen LogP contribution in [0.2, 0.25) is 0 Å². The van der Waals surface area contributed by atoms with Gasteiger partial charge in [0.2, 0.25) is 0 Å². The van der Waals surface area contributed by atoms with Crippen LogP contribution in [0.1, 0.15) is 73.5 Å². The fourth-order valence-electron chi connectivity index (χ4n) is 5.15. The molecule has 0 amide bonds.